The number of nitrogens with zero attached hydrogens (tertiary/aromatic N) is 7. The van der Waals surface area contributed by atoms with Crippen molar-refractivity contribution in [1.82, 2.24) is 9.97 Å². The SMILES string of the molecule is N#CCCN(CCC#N)c1ncnc(N2CCN(c3ccccc3)CC2)c1N. The van der Waals surface area contributed by atoms with Crippen LogP contribution in [0.2, 0.25) is 0 Å². The van der Waals surface area contributed by atoms with Gasteiger partial charge in [-0.2, -0.15) is 10.5 Å². The van der Waals surface area contributed by atoms with Gasteiger partial charge in [-0.05, 0) is 12.1 Å². The van der Waals surface area contributed by atoms with Crippen LogP contribution in [0.3, 0.4) is 0 Å². The van der Waals surface area contributed by atoms with Crippen molar-refractivity contribution in [2.45, 2.75) is 12.8 Å². The summed E-state index contributed by atoms with van der Waals surface area (Å²) in [5, 5.41) is 17.8. The van der Waals surface area contributed by atoms with Gasteiger partial charge in [-0.1, -0.05) is 18.2 Å². The van der Waals surface area contributed by atoms with Crippen LogP contribution in [0.15, 0.2) is 36.7 Å². The Hall–Kier alpha value is -3.52. The topological polar surface area (TPSA) is 109 Å². The van der Waals surface area contributed by atoms with Gasteiger partial charge in [-0.3, -0.25) is 0 Å². The average molecular weight is 376 g/mol. The summed E-state index contributed by atoms with van der Waals surface area (Å²) in [6.45, 7) is 4.36. The number of nitrogens with two attached hydrogens (primary N) is 1. The highest BCUT2D eigenvalue weighted by Gasteiger charge is 2.23. The Morgan fingerprint density at radius 3 is 2.14 bits per heavy atom. The molecular weight excluding hydrogens is 352 g/mol. The van der Waals surface area contributed by atoms with Crippen LogP contribution in [0.25, 0.3) is 0 Å². The van der Waals surface area contributed by atoms with E-state index in [1.54, 1.807) is 0 Å². The lowest BCUT2D eigenvalue weighted by Crippen LogP contribution is -2.47. The Kier molecular flexibility index (Phi) is 6.48. The number of hydrogen-bond donors (Lipinski definition) is 1. The minimum absolute atomic E-state index is 0.347. The predicted molar refractivity (Wildman–Crippen MR) is 110 cm³/mol. The molecule has 144 valence electrons. The van der Waals surface area contributed by atoms with Gasteiger partial charge in [0.05, 0.1) is 25.0 Å². The van der Waals surface area contributed by atoms with E-state index in [1.165, 1.54) is 12.0 Å². The molecule has 0 radical (unpaired) electrons. The third kappa shape index (κ3) is 4.41. The molecule has 2 aromatic rings. The molecule has 1 aliphatic heterocycles. The maximum atomic E-state index is 8.92. The predicted octanol–water partition coefficient (Wildman–Crippen LogP) is 2.02. The highest BCUT2D eigenvalue weighted by atomic mass is 15.3. The first-order valence-corrected chi connectivity index (χ1v) is 9.39. The number of anilines is 4. The Morgan fingerprint density at radius 1 is 0.929 bits per heavy atom. The van der Waals surface area contributed by atoms with Crippen molar-refractivity contribution >= 4 is 23.0 Å². The van der Waals surface area contributed by atoms with E-state index in [2.05, 4.69) is 44.0 Å². The summed E-state index contributed by atoms with van der Waals surface area (Å²) < 4.78 is 0. The first-order chi connectivity index (χ1) is 13.7. The number of para-hydroxylation sites is 1. The number of rotatable bonds is 7. The second kappa shape index (κ2) is 9.43. The van der Waals surface area contributed by atoms with Crippen molar-refractivity contribution in [3.05, 3.63) is 36.7 Å². The molecule has 0 spiro atoms. The molecule has 0 saturated carbocycles. The molecule has 2 heterocycles. The summed E-state index contributed by atoms with van der Waals surface area (Å²) in [6.07, 6.45) is 2.20. The van der Waals surface area contributed by atoms with Gasteiger partial charge < -0.3 is 20.4 Å². The zero-order valence-corrected chi connectivity index (χ0v) is 15.8. The smallest absolute Gasteiger partial charge is 0.157 e. The molecule has 1 fully saturated rings. The van der Waals surface area contributed by atoms with E-state index in [1.807, 2.05) is 23.1 Å². The lowest BCUT2D eigenvalue weighted by atomic mass is 10.2. The normalized spacial score (nSPS) is 13.6. The maximum Gasteiger partial charge on any atom is 0.157 e. The Bertz CT molecular complexity index is 829. The van der Waals surface area contributed by atoms with E-state index in [0.717, 1.165) is 32.0 Å². The molecule has 1 aliphatic rings. The Morgan fingerprint density at radius 2 is 1.54 bits per heavy atom. The zero-order chi connectivity index (χ0) is 19.8. The van der Waals surface area contributed by atoms with Gasteiger partial charge in [0.15, 0.2) is 11.6 Å². The molecule has 0 atom stereocenters. The van der Waals surface area contributed by atoms with Crippen LogP contribution in [-0.2, 0) is 0 Å². The van der Waals surface area contributed by atoms with Crippen LogP contribution in [0.1, 0.15) is 12.8 Å². The van der Waals surface area contributed by atoms with Gasteiger partial charge in [0.25, 0.3) is 0 Å². The van der Waals surface area contributed by atoms with Crippen molar-refractivity contribution in [2.24, 2.45) is 0 Å². The van der Waals surface area contributed by atoms with E-state index >= 15 is 0 Å². The molecule has 1 saturated heterocycles. The molecule has 1 aromatic carbocycles. The molecular formula is C20H24N8. The molecule has 8 heteroatoms. The van der Waals surface area contributed by atoms with Gasteiger partial charge in [0, 0.05) is 45.0 Å². The van der Waals surface area contributed by atoms with Crippen molar-refractivity contribution in [1.29, 1.82) is 10.5 Å². The number of piperazine rings is 1. The van der Waals surface area contributed by atoms with Crippen molar-refractivity contribution in [2.75, 3.05) is 59.7 Å². The molecule has 2 N–H and O–H groups in total. The van der Waals surface area contributed by atoms with Gasteiger partial charge in [0.1, 0.15) is 12.0 Å². The molecule has 3 rings (SSSR count). The fraction of sp³-hybridized carbons (Fsp3) is 0.400. The first-order valence-electron chi connectivity index (χ1n) is 9.39. The minimum atomic E-state index is 0.347. The van der Waals surface area contributed by atoms with Gasteiger partial charge in [-0.15, -0.1) is 0 Å². The molecule has 8 nitrogen and oxygen atoms in total. The summed E-state index contributed by atoms with van der Waals surface area (Å²) in [6, 6.07) is 14.6. The van der Waals surface area contributed by atoms with E-state index in [0.29, 0.717) is 37.4 Å². The van der Waals surface area contributed by atoms with Crippen LogP contribution in [-0.4, -0.2) is 49.2 Å². The van der Waals surface area contributed by atoms with Crippen molar-refractivity contribution in [3.8, 4) is 12.1 Å². The summed E-state index contributed by atoms with van der Waals surface area (Å²) >= 11 is 0. The molecule has 28 heavy (non-hydrogen) atoms. The fourth-order valence-corrected chi connectivity index (χ4v) is 3.39. The number of benzene rings is 1. The Labute approximate surface area is 165 Å². The maximum absolute atomic E-state index is 8.92. The third-order valence-corrected chi connectivity index (χ3v) is 4.83. The zero-order valence-electron chi connectivity index (χ0n) is 15.8. The number of hydrogen-bond acceptors (Lipinski definition) is 8. The van der Waals surface area contributed by atoms with E-state index in [9.17, 15) is 0 Å². The molecule has 1 aromatic heterocycles. The van der Waals surface area contributed by atoms with Crippen LogP contribution in [0.4, 0.5) is 23.0 Å². The van der Waals surface area contributed by atoms with Crippen molar-refractivity contribution in [3.63, 3.8) is 0 Å². The standard InChI is InChI=1S/C20H24N8/c21-8-4-10-27(11-5-9-22)19-18(23)20(25-16-24-19)28-14-12-26(13-15-28)17-6-2-1-3-7-17/h1-3,6-7,16H,4-5,10-15,23H2. The summed E-state index contributed by atoms with van der Waals surface area (Å²) in [5.74, 6) is 1.32. The monoisotopic (exact) mass is 376 g/mol. The summed E-state index contributed by atoms with van der Waals surface area (Å²) in [4.78, 5) is 15.2. The average Bonchev–Trinajstić information content (AvgIpc) is 2.75. The molecule has 0 amide bonds. The van der Waals surface area contributed by atoms with Crippen molar-refractivity contribution < 1.29 is 0 Å². The second-order valence-electron chi connectivity index (χ2n) is 6.55. The van der Waals surface area contributed by atoms with E-state index < -0.39 is 0 Å². The summed E-state index contributed by atoms with van der Waals surface area (Å²) in [5.41, 5.74) is 8.14. The third-order valence-electron chi connectivity index (χ3n) is 4.83. The molecule has 0 bridgehead atoms. The minimum Gasteiger partial charge on any atom is -0.393 e. The largest absolute Gasteiger partial charge is 0.393 e. The van der Waals surface area contributed by atoms with Gasteiger partial charge in [-0.25, -0.2) is 9.97 Å². The van der Waals surface area contributed by atoms with Crippen LogP contribution in [0, 0.1) is 22.7 Å². The highest BCUT2D eigenvalue weighted by Crippen LogP contribution is 2.30. The van der Waals surface area contributed by atoms with Crippen LogP contribution in [0.5, 0.6) is 0 Å². The highest BCUT2D eigenvalue weighted by molar-refractivity contribution is 5.76. The van der Waals surface area contributed by atoms with Gasteiger partial charge in [0.2, 0.25) is 0 Å². The Balaban J connectivity index is 1.74. The lowest BCUT2D eigenvalue weighted by molar-refractivity contribution is 0.647. The van der Waals surface area contributed by atoms with Crippen LogP contribution >= 0.6 is 0 Å². The number of aromatic nitrogens is 2. The van der Waals surface area contributed by atoms with Crippen LogP contribution < -0.4 is 20.4 Å². The number of nitriles is 2. The van der Waals surface area contributed by atoms with E-state index in [4.69, 9.17) is 16.3 Å². The fourth-order valence-electron chi connectivity index (χ4n) is 3.39. The lowest BCUT2D eigenvalue weighted by Gasteiger charge is -2.37. The second-order valence-corrected chi connectivity index (χ2v) is 6.55. The van der Waals surface area contributed by atoms with Gasteiger partial charge >= 0.3 is 0 Å². The number of nitrogen functional groups attached to an aromatic ring is 1. The molecule has 0 unspecified atom stereocenters. The first kappa shape index (κ1) is 19.2. The molecule has 0 aliphatic carbocycles. The van der Waals surface area contributed by atoms with E-state index in [-0.39, 0.29) is 0 Å². The summed E-state index contributed by atoms with van der Waals surface area (Å²) in [7, 11) is 0. The quantitative estimate of drug-likeness (QED) is 0.782.